The summed E-state index contributed by atoms with van der Waals surface area (Å²) in [5.41, 5.74) is 5.19. The molecule has 4 heteroatoms. The summed E-state index contributed by atoms with van der Waals surface area (Å²) in [6.07, 6.45) is 0. The fourth-order valence-electron chi connectivity index (χ4n) is 0.258. The zero-order chi connectivity index (χ0) is 8.57. The van der Waals surface area contributed by atoms with Gasteiger partial charge in [-0.3, -0.25) is 4.79 Å². The number of rotatable bonds is 2. The molecule has 4 nitrogen and oxygen atoms in total. The minimum Gasteiger partial charge on any atom is -0.481 e. The van der Waals surface area contributed by atoms with Gasteiger partial charge in [-0.15, -0.1) is 0 Å². The normalized spacial score (nSPS) is 8.50. The standard InChI is InChI=1S/C4H12N2.C2H4O2/c1-6(2)4-3-5;1-2(3)4/h3-5H2,1-2H3;1H3,(H,3,4). The lowest BCUT2D eigenvalue weighted by atomic mass is 10.6. The highest BCUT2D eigenvalue weighted by Crippen LogP contribution is 1.64. The molecule has 0 spiro atoms. The van der Waals surface area contributed by atoms with Gasteiger partial charge in [0.25, 0.3) is 5.97 Å². The van der Waals surface area contributed by atoms with Gasteiger partial charge in [-0.25, -0.2) is 0 Å². The topological polar surface area (TPSA) is 66.6 Å². The van der Waals surface area contributed by atoms with Crippen LogP contribution in [0.2, 0.25) is 0 Å². The van der Waals surface area contributed by atoms with Crippen LogP contribution in [0.25, 0.3) is 0 Å². The van der Waals surface area contributed by atoms with Crippen LogP contribution < -0.4 is 5.73 Å². The summed E-state index contributed by atoms with van der Waals surface area (Å²) in [6, 6.07) is 0. The second kappa shape index (κ2) is 8.39. The van der Waals surface area contributed by atoms with Crippen molar-refractivity contribution in [3.8, 4) is 0 Å². The lowest BCUT2D eigenvalue weighted by Crippen LogP contribution is -2.20. The van der Waals surface area contributed by atoms with Crippen molar-refractivity contribution in [2.75, 3.05) is 27.2 Å². The van der Waals surface area contributed by atoms with Gasteiger partial charge in [-0.1, -0.05) is 0 Å². The first kappa shape index (κ1) is 12.1. The molecule has 0 radical (unpaired) electrons. The fraction of sp³-hybridized carbons (Fsp3) is 0.833. The second-order valence-corrected chi connectivity index (χ2v) is 2.11. The average Bonchev–Trinajstić information content (AvgIpc) is 1.62. The first-order valence-corrected chi connectivity index (χ1v) is 3.05. The Morgan fingerprint density at radius 1 is 1.60 bits per heavy atom. The quantitative estimate of drug-likeness (QED) is 0.559. The molecule has 0 fully saturated rings. The number of nitrogens with two attached hydrogens (primary N) is 1. The number of carbonyl (C=O) groups is 1. The number of nitrogens with zero attached hydrogens (tertiary/aromatic N) is 1. The van der Waals surface area contributed by atoms with E-state index in [1.54, 1.807) is 0 Å². The van der Waals surface area contributed by atoms with Crippen LogP contribution in [-0.4, -0.2) is 43.2 Å². The van der Waals surface area contributed by atoms with Crippen molar-refractivity contribution in [2.45, 2.75) is 6.92 Å². The molecule has 0 heterocycles. The molecular weight excluding hydrogens is 132 g/mol. The van der Waals surface area contributed by atoms with Crippen molar-refractivity contribution in [1.29, 1.82) is 0 Å². The third-order valence-electron chi connectivity index (χ3n) is 0.576. The summed E-state index contributed by atoms with van der Waals surface area (Å²) in [6.45, 7) is 2.83. The van der Waals surface area contributed by atoms with Gasteiger partial charge in [0.2, 0.25) is 0 Å². The third-order valence-corrected chi connectivity index (χ3v) is 0.576. The largest absolute Gasteiger partial charge is 0.481 e. The van der Waals surface area contributed by atoms with Crippen LogP contribution in [0.15, 0.2) is 0 Å². The molecule has 0 aliphatic carbocycles. The van der Waals surface area contributed by atoms with Crippen LogP contribution in [0.5, 0.6) is 0 Å². The van der Waals surface area contributed by atoms with E-state index in [4.69, 9.17) is 15.6 Å². The number of hydrogen-bond donors (Lipinski definition) is 2. The lowest BCUT2D eigenvalue weighted by Gasteiger charge is -2.03. The van der Waals surface area contributed by atoms with Gasteiger partial charge in [-0.2, -0.15) is 0 Å². The highest BCUT2D eigenvalue weighted by molar-refractivity contribution is 5.62. The lowest BCUT2D eigenvalue weighted by molar-refractivity contribution is -0.134. The maximum atomic E-state index is 9.00. The summed E-state index contributed by atoms with van der Waals surface area (Å²) in [7, 11) is 4.01. The fourth-order valence-corrected chi connectivity index (χ4v) is 0.258. The Balaban J connectivity index is 0. The number of aliphatic carboxylic acids is 1. The van der Waals surface area contributed by atoms with Crippen LogP contribution in [0.4, 0.5) is 0 Å². The van der Waals surface area contributed by atoms with Gasteiger partial charge >= 0.3 is 0 Å². The van der Waals surface area contributed by atoms with E-state index in [0.717, 1.165) is 20.0 Å². The zero-order valence-corrected chi connectivity index (χ0v) is 6.79. The van der Waals surface area contributed by atoms with Gasteiger partial charge in [0, 0.05) is 20.0 Å². The molecule has 0 aliphatic heterocycles. The third kappa shape index (κ3) is 52.8. The monoisotopic (exact) mass is 148 g/mol. The van der Waals surface area contributed by atoms with Gasteiger partial charge in [0.1, 0.15) is 0 Å². The molecule has 0 unspecified atom stereocenters. The molecule has 0 saturated carbocycles. The highest BCUT2D eigenvalue weighted by atomic mass is 16.4. The summed E-state index contributed by atoms with van der Waals surface area (Å²) in [5, 5.41) is 7.42. The van der Waals surface area contributed by atoms with E-state index in [0.29, 0.717) is 0 Å². The van der Waals surface area contributed by atoms with Gasteiger partial charge < -0.3 is 15.7 Å². The predicted octanol–water partition coefficient (Wildman–Crippen LogP) is -0.402. The summed E-state index contributed by atoms with van der Waals surface area (Å²) in [5.74, 6) is -0.833. The Morgan fingerprint density at radius 2 is 1.90 bits per heavy atom. The minimum atomic E-state index is -0.833. The van der Waals surface area contributed by atoms with E-state index in [1.165, 1.54) is 0 Å². The van der Waals surface area contributed by atoms with Gasteiger partial charge in [-0.05, 0) is 14.1 Å². The molecule has 0 aromatic rings. The van der Waals surface area contributed by atoms with E-state index >= 15 is 0 Å². The molecule has 0 aliphatic rings. The van der Waals surface area contributed by atoms with Gasteiger partial charge in [0.05, 0.1) is 0 Å². The summed E-state index contributed by atoms with van der Waals surface area (Å²) < 4.78 is 0. The molecular formula is C6H16N2O2. The Morgan fingerprint density at radius 3 is 1.90 bits per heavy atom. The predicted molar refractivity (Wildman–Crippen MR) is 40.9 cm³/mol. The molecule has 0 aromatic heterocycles. The van der Waals surface area contributed by atoms with Crippen molar-refractivity contribution in [3.05, 3.63) is 0 Å². The van der Waals surface area contributed by atoms with Crippen molar-refractivity contribution in [1.82, 2.24) is 4.90 Å². The molecule has 0 saturated heterocycles. The van der Waals surface area contributed by atoms with E-state index in [2.05, 4.69) is 4.90 Å². The Hall–Kier alpha value is -0.610. The Labute approximate surface area is 61.6 Å². The number of likely N-dealkylation sites (N-methyl/N-ethyl adjacent to an activating group) is 1. The van der Waals surface area contributed by atoms with Crippen LogP contribution in [0, 0.1) is 0 Å². The van der Waals surface area contributed by atoms with Crippen LogP contribution >= 0.6 is 0 Å². The minimum absolute atomic E-state index is 0.757. The molecule has 3 N–H and O–H groups in total. The zero-order valence-electron chi connectivity index (χ0n) is 6.79. The summed E-state index contributed by atoms with van der Waals surface area (Å²) in [4.78, 5) is 11.1. The maximum absolute atomic E-state index is 9.00. The second-order valence-electron chi connectivity index (χ2n) is 2.11. The molecule has 0 aromatic carbocycles. The molecule has 0 atom stereocenters. The van der Waals surface area contributed by atoms with E-state index < -0.39 is 5.97 Å². The first-order valence-electron chi connectivity index (χ1n) is 3.05. The molecule has 10 heavy (non-hydrogen) atoms. The van der Waals surface area contributed by atoms with Gasteiger partial charge in [0.15, 0.2) is 0 Å². The highest BCUT2D eigenvalue weighted by Gasteiger charge is 1.79. The number of carboxylic acid groups (broad SMARTS) is 1. The number of hydrogen-bond acceptors (Lipinski definition) is 3. The molecule has 0 bridgehead atoms. The smallest absolute Gasteiger partial charge is 0.300 e. The van der Waals surface area contributed by atoms with Crippen molar-refractivity contribution < 1.29 is 9.90 Å². The van der Waals surface area contributed by atoms with E-state index in [9.17, 15) is 0 Å². The maximum Gasteiger partial charge on any atom is 0.300 e. The van der Waals surface area contributed by atoms with Crippen LogP contribution in [-0.2, 0) is 4.79 Å². The first-order chi connectivity index (χ1) is 4.50. The van der Waals surface area contributed by atoms with Crippen molar-refractivity contribution in [3.63, 3.8) is 0 Å². The van der Waals surface area contributed by atoms with Crippen LogP contribution in [0.1, 0.15) is 6.92 Å². The molecule has 0 rings (SSSR count). The van der Waals surface area contributed by atoms with E-state index in [1.807, 2.05) is 14.1 Å². The Bertz CT molecular complexity index is 79.8. The van der Waals surface area contributed by atoms with Crippen molar-refractivity contribution >= 4 is 5.97 Å². The van der Waals surface area contributed by atoms with E-state index in [-0.39, 0.29) is 0 Å². The van der Waals surface area contributed by atoms with Crippen LogP contribution in [0.3, 0.4) is 0 Å². The SMILES string of the molecule is CC(=O)O.CN(C)CCN. The molecule has 62 valence electrons. The van der Waals surface area contributed by atoms with Crippen molar-refractivity contribution in [2.24, 2.45) is 5.73 Å². The molecule has 0 amide bonds. The summed E-state index contributed by atoms with van der Waals surface area (Å²) >= 11 is 0. The average molecular weight is 148 g/mol. The Kier molecular flexibility index (Phi) is 10.2. The number of carboxylic acids is 1.